The number of aliphatic carboxylic acids is 1. The van der Waals surface area contributed by atoms with Gasteiger partial charge in [0.2, 0.25) is 6.29 Å². The molecule has 0 aromatic heterocycles. The summed E-state index contributed by atoms with van der Waals surface area (Å²) in [4.78, 5) is 31.0. The number of aliphatic imine (C=N–C) groups is 1. The molecule has 0 spiro atoms. The molecule has 296 valence electrons. The van der Waals surface area contributed by atoms with Gasteiger partial charge in [0.05, 0.1) is 42.8 Å². The molecule has 0 radical (unpaired) electrons. The lowest BCUT2D eigenvalue weighted by molar-refractivity contribution is -0.843. The number of carboxylic acids is 1. The maximum Gasteiger partial charge on any atom is 0.343 e. The lowest BCUT2D eigenvalue weighted by Crippen LogP contribution is -3.09. The Morgan fingerprint density at radius 1 is 1.15 bits per heavy atom. The molecule has 53 heavy (non-hydrogen) atoms. The van der Waals surface area contributed by atoms with Crippen molar-refractivity contribution >= 4 is 17.9 Å². The van der Waals surface area contributed by atoms with Crippen molar-refractivity contribution in [1.29, 1.82) is 0 Å². The number of quaternary nitrogens is 1. The van der Waals surface area contributed by atoms with E-state index in [-0.39, 0.29) is 61.8 Å². The summed E-state index contributed by atoms with van der Waals surface area (Å²) < 4.78 is 29.8. The second-order valence-corrected chi connectivity index (χ2v) is 13.6. The second kappa shape index (κ2) is 20.1. The van der Waals surface area contributed by atoms with Crippen molar-refractivity contribution in [3.8, 4) is 0 Å². The molecule has 4 aliphatic rings. The van der Waals surface area contributed by atoms with Gasteiger partial charge in [0, 0.05) is 24.6 Å². The Labute approximate surface area is 308 Å². The van der Waals surface area contributed by atoms with Gasteiger partial charge in [0.15, 0.2) is 12.2 Å². The van der Waals surface area contributed by atoms with Crippen LogP contribution in [-0.2, 0) is 33.3 Å². The van der Waals surface area contributed by atoms with Gasteiger partial charge in [-0.15, -0.1) is 6.58 Å². The van der Waals surface area contributed by atoms with Gasteiger partial charge in [-0.3, -0.25) is 4.99 Å². The van der Waals surface area contributed by atoms with Gasteiger partial charge >= 0.3 is 11.9 Å². The molecule has 3 heterocycles. The average Bonchev–Trinajstić information content (AvgIpc) is 3.64. The molecule has 0 bridgehead atoms. The fourth-order valence-electron chi connectivity index (χ4n) is 6.72. The van der Waals surface area contributed by atoms with Crippen molar-refractivity contribution in [3.63, 3.8) is 0 Å². The van der Waals surface area contributed by atoms with Crippen LogP contribution in [0.2, 0.25) is 0 Å². The molecule has 0 aromatic carbocycles. The molecule has 17 heteroatoms. The standard InChI is InChI=1S/C36H54N4O13/c1-4-23-24(11-10-21-16-40(13-15-42)17-25(32(46)47)28(21)39-36(37)38-12-7-14-41)26(33(48)51-22-8-5-6-9-22)19-49-34(23)53-35-31(50-20(2)3)30(45)29(44)27(18-43)52-35/h4,10-11,17,19-20,22-24,27,29-31,34-35,41-45H,1,5-9,12-16,18H2,2-3H3,(H,46,47)(H3,37,38,39)/p+1/b11-10+/t23-,24+,27-,29-,30+,31-,34+,35+/m1/s1. The van der Waals surface area contributed by atoms with Crippen LogP contribution in [0.1, 0.15) is 46.0 Å². The maximum absolute atomic E-state index is 13.7. The molecule has 1 saturated heterocycles. The number of nitrogens with zero attached hydrogens (tertiary/aromatic N) is 1. The first-order valence-electron chi connectivity index (χ1n) is 18.0. The minimum atomic E-state index is -1.48. The van der Waals surface area contributed by atoms with Crippen LogP contribution in [-0.4, -0.2) is 137 Å². The number of esters is 1. The topological polar surface area (TPSA) is 257 Å². The highest BCUT2D eigenvalue weighted by Crippen LogP contribution is 2.38. The molecule has 1 saturated carbocycles. The third kappa shape index (κ3) is 11.0. The fourth-order valence-corrected chi connectivity index (χ4v) is 6.72. The zero-order valence-electron chi connectivity index (χ0n) is 30.2. The molecule has 10 N–H and O–H groups in total. The van der Waals surface area contributed by atoms with Gasteiger partial charge in [-0.05, 0) is 46.0 Å². The minimum absolute atomic E-state index is 0.0690. The zero-order valence-corrected chi connectivity index (χ0v) is 30.2. The predicted octanol–water partition coefficient (Wildman–Crippen LogP) is -1.66. The van der Waals surface area contributed by atoms with E-state index in [0.29, 0.717) is 16.9 Å². The number of nitrogens with one attached hydrogen (secondary N) is 2. The van der Waals surface area contributed by atoms with Crippen LogP contribution < -0.4 is 16.0 Å². The number of carbonyl (C=O) groups is 2. The summed E-state index contributed by atoms with van der Waals surface area (Å²) in [6, 6.07) is 0. The maximum atomic E-state index is 13.7. The first kappa shape index (κ1) is 42.1. The minimum Gasteiger partial charge on any atom is -0.477 e. The van der Waals surface area contributed by atoms with Crippen LogP contribution in [0.15, 0.2) is 64.7 Å². The van der Waals surface area contributed by atoms with Gasteiger partial charge in [0.25, 0.3) is 0 Å². The predicted molar refractivity (Wildman–Crippen MR) is 188 cm³/mol. The van der Waals surface area contributed by atoms with Crippen molar-refractivity contribution in [2.75, 3.05) is 39.5 Å². The summed E-state index contributed by atoms with van der Waals surface area (Å²) in [5.41, 5.74) is 6.76. The summed E-state index contributed by atoms with van der Waals surface area (Å²) in [6.07, 6.45) is 2.74. The molecular formula is C36H55N4O13+. The Kier molecular flexibility index (Phi) is 16.0. The molecule has 9 atom stereocenters. The van der Waals surface area contributed by atoms with Crippen molar-refractivity contribution < 1.29 is 68.8 Å². The number of rotatable bonds is 17. The number of hydrogen-bond donors (Lipinski definition) is 9. The molecule has 4 rings (SSSR count). The molecule has 3 aliphatic heterocycles. The van der Waals surface area contributed by atoms with Crippen molar-refractivity contribution in [2.45, 2.75) is 95.2 Å². The number of hydrogen-bond acceptors (Lipinski definition) is 13. The summed E-state index contributed by atoms with van der Waals surface area (Å²) >= 11 is 0. The number of ether oxygens (including phenoxy) is 5. The number of carbonyl (C=O) groups excluding carboxylic acids is 1. The monoisotopic (exact) mass is 751 g/mol. The Morgan fingerprint density at radius 3 is 2.51 bits per heavy atom. The lowest BCUT2D eigenvalue weighted by atomic mass is 9.83. The Balaban J connectivity index is 1.75. The number of guanidine groups is 1. The van der Waals surface area contributed by atoms with Crippen LogP contribution in [0.5, 0.6) is 0 Å². The Morgan fingerprint density at radius 2 is 1.89 bits per heavy atom. The van der Waals surface area contributed by atoms with E-state index >= 15 is 0 Å². The highest BCUT2D eigenvalue weighted by atomic mass is 16.8. The molecular weight excluding hydrogens is 696 g/mol. The van der Waals surface area contributed by atoms with Gasteiger partial charge in [-0.1, -0.05) is 18.2 Å². The van der Waals surface area contributed by atoms with Gasteiger partial charge in [-0.25, -0.2) is 9.59 Å². The van der Waals surface area contributed by atoms with E-state index in [4.69, 9.17) is 34.5 Å². The van der Waals surface area contributed by atoms with Crippen LogP contribution >= 0.6 is 0 Å². The van der Waals surface area contributed by atoms with E-state index in [0.717, 1.165) is 25.7 Å². The quantitative estimate of drug-likeness (QED) is 0.0265. The molecule has 0 amide bonds. The lowest BCUT2D eigenvalue weighted by Gasteiger charge is -2.44. The SMILES string of the molecule is C=C[C@H]1[C@H](O[C@@H]2O[C@H](CO)[C@@H](O)[C@H](O)[C@H]2OC(C)C)OC=C(C(=O)OC2CCCC2)[C@H]1/C=C/C1=C(NC(N)=NCCCO)C(C(=O)O)=C[NH+](CCO)C1. The first-order valence-corrected chi connectivity index (χ1v) is 18.0. The highest BCUT2D eigenvalue weighted by Gasteiger charge is 2.49. The number of allylic oxidation sites excluding steroid dienone is 1. The molecule has 17 nitrogen and oxygen atoms in total. The molecule has 1 aliphatic carbocycles. The molecule has 1 unspecified atom stereocenters. The van der Waals surface area contributed by atoms with E-state index in [9.17, 15) is 35.1 Å². The Hall–Kier alpha value is -3.65. The van der Waals surface area contributed by atoms with Crippen molar-refractivity contribution in [2.24, 2.45) is 22.6 Å². The normalized spacial score (nSPS) is 31.3. The summed E-state index contributed by atoms with van der Waals surface area (Å²) in [5, 5.41) is 63.2. The Bertz CT molecular complexity index is 1420. The summed E-state index contributed by atoms with van der Waals surface area (Å²) in [6.45, 7) is 7.15. The van der Waals surface area contributed by atoms with Gasteiger partial charge in [-0.2, -0.15) is 0 Å². The average molecular weight is 752 g/mol. The van der Waals surface area contributed by atoms with E-state index in [1.165, 1.54) is 18.5 Å². The molecule has 0 aromatic rings. The fraction of sp³-hybridized carbons (Fsp3) is 0.639. The van der Waals surface area contributed by atoms with Crippen LogP contribution in [0.3, 0.4) is 0 Å². The van der Waals surface area contributed by atoms with Crippen molar-refractivity contribution in [1.82, 2.24) is 5.32 Å². The van der Waals surface area contributed by atoms with E-state index in [2.05, 4.69) is 16.9 Å². The number of carboxylic acid groups (broad SMARTS) is 1. The summed E-state index contributed by atoms with van der Waals surface area (Å²) in [5.74, 6) is -3.55. The third-order valence-corrected chi connectivity index (χ3v) is 9.40. The zero-order chi connectivity index (χ0) is 38.7. The summed E-state index contributed by atoms with van der Waals surface area (Å²) in [7, 11) is 0. The highest BCUT2D eigenvalue weighted by molar-refractivity contribution is 5.94. The van der Waals surface area contributed by atoms with E-state index in [1.807, 2.05) is 0 Å². The van der Waals surface area contributed by atoms with Gasteiger partial charge in [0.1, 0.15) is 55.4 Å². The van der Waals surface area contributed by atoms with Crippen LogP contribution in [0, 0.1) is 11.8 Å². The van der Waals surface area contributed by atoms with Gasteiger partial charge < -0.3 is 70.3 Å². The molecule has 2 fully saturated rings. The second-order valence-electron chi connectivity index (χ2n) is 13.6. The van der Waals surface area contributed by atoms with Crippen LogP contribution in [0.4, 0.5) is 0 Å². The number of aliphatic hydroxyl groups excluding tert-OH is 5. The van der Waals surface area contributed by atoms with Crippen LogP contribution in [0.25, 0.3) is 0 Å². The smallest absolute Gasteiger partial charge is 0.343 e. The first-order chi connectivity index (χ1) is 25.4. The van der Waals surface area contributed by atoms with Crippen molar-refractivity contribution in [3.05, 3.63) is 59.7 Å². The van der Waals surface area contributed by atoms with E-state index < -0.39 is 73.5 Å². The number of nitrogens with two attached hydrogens (primary N) is 1. The largest absolute Gasteiger partial charge is 0.477 e. The third-order valence-electron chi connectivity index (χ3n) is 9.40. The number of aliphatic hydroxyl groups is 5. The van der Waals surface area contributed by atoms with E-state index in [1.54, 1.807) is 26.0 Å².